The molecule has 0 atom stereocenters. The van der Waals surface area contributed by atoms with Gasteiger partial charge in [-0.2, -0.15) is 5.10 Å². The van der Waals surface area contributed by atoms with E-state index in [1.165, 1.54) is 33.7 Å². The highest BCUT2D eigenvalue weighted by atomic mass is 32.2. The van der Waals surface area contributed by atoms with Crippen molar-refractivity contribution in [3.63, 3.8) is 0 Å². The lowest BCUT2D eigenvalue weighted by Crippen LogP contribution is -2.03. The molecule has 0 bridgehead atoms. The molecule has 0 saturated carbocycles. The highest BCUT2D eigenvalue weighted by Gasteiger charge is 2.16. The van der Waals surface area contributed by atoms with Gasteiger partial charge in [0.1, 0.15) is 12.4 Å². The first kappa shape index (κ1) is 18.6. The normalized spacial score (nSPS) is 11.2. The van der Waals surface area contributed by atoms with Crippen LogP contribution >= 0.6 is 23.1 Å². The van der Waals surface area contributed by atoms with Crippen LogP contribution < -0.4 is 0 Å². The molecule has 0 fully saturated rings. The van der Waals surface area contributed by atoms with Gasteiger partial charge in [-0.05, 0) is 18.9 Å². The Morgan fingerprint density at radius 3 is 2.85 bits per heavy atom. The number of nitro groups is 1. The molecule has 26 heavy (non-hydrogen) atoms. The number of thiophene rings is 1. The monoisotopic (exact) mass is 392 g/mol. The van der Waals surface area contributed by atoms with Crippen LogP contribution in [0.2, 0.25) is 0 Å². The third kappa shape index (κ3) is 4.13. The van der Waals surface area contributed by atoms with Crippen LogP contribution in [0.4, 0.5) is 5.69 Å². The maximum Gasteiger partial charge on any atom is 0.307 e. The minimum absolute atomic E-state index is 0.0111. The van der Waals surface area contributed by atoms with Crippen molar-refractivity contribution in [3.8, 4) is 11.4 Å². The van der Waals surface area contributed by atoms with E-state index in [0.29, 0.717) is 5.88 Å². The summed E-state index contributed by atoms with van der Waals surface area (Å²) in [6.07, 6.45) is 5.84. The zero-order valence-electron chi connectivity index (χ0n) is 14.7. The molecular formula is C16H20N6O2S2. The second-order valence-electron chi connectivity index (χ2n) is 5.78. The standard InChI is InChI=1S/C16H20N6O2S2/c1-3-5-14-7-12(10-25-14)15-18-19-16(21(15)6-4-2)26-11-20-9-13(8-17-20)22(23)24/h7-10H,3-6,11H2,1-2H3. The summed E-state index contributed by atoms with van der Waals surface area (Å²) < 4.78 is 3.65. The van der Waals surface area contributed by atoms with Gasteiger partial charge in [-0.1, -0.05) is 32.0 Å². The Balaban J connectivity index is 1.78. The summed E-state index contributed by atoms with van der Waals surface area (Å²) in [5.74, 6) is 1.32. The molecule has 3 heterocycles. The van der Waals surface area contributed by atoms with E-state index in [1.54, 1.807) is 11.3 Å². The Morgan fingerprint density at radius 1 is 1.31 bits per heavy atom. The van der Waals surface area contributed by atoms with E-state index in [1.807, 2.05) is 0 Å². The predicted octanol–water partition coefficient (Wildman–Crippen LogP) is 4.22. The van der Waals surface area contributed by atoms with Gasteiger partial charge in [0.25, 0.3) is 0 Å². The molecule has 0 aromatic carbocycles. The number of aryl methyl sites for hydroxylation is 1. The molecule has 0 radical (unpaired) electrons. The molecule has 0 saturated heterocycles. The number of hydrogen-bond acceptors (Lipinski definition) is 7. The predicted molar refractivity (Wildman–Crippen MR) is 102 cm³/mol. The summed E-state index contributed by atoms with van der Waals surface area (Å²) in [5.41, 5.74) is 1.09. The molecule has 0 aliphatic heterocycles. The van der Waals surface area contributed by atoms with Crippen LogP contribution in [-0.2, 0) is 18.8 Å². The second-order valence-corrected chi connectivity index (χ2v) is 7.69. The first-order chi connectivity index (χ1) is 12.6. The lowest BCUT2D eigenvalue weighted by Gasteiger charge is -2.07. The quantitative estimate of drug-likeness (QED) is 0.307. The van der Waals surface area contributed by atoms with Crippen molar-refractivity contribution in [3.05, 3.63) is 38.8 Å². The largest absolute Gasteiger partial charge is 0.307 e. The smallest absolute Gasteiger partial charge is 0.302 e. The molecule has 10 heteroatoms. The molecule has 0 N–H and O–H groups in total. The van der Waals surface area contributed by atoms with Gasteiger partial charge >= 0.3 is 5.69 Å². The van der Waals surface area contributed by atoms with E-state index in [4.69, 9.17) is 0 Å². The van der Waals surface area contributed by atoms with Crippen LogP contribution in [0.5, 0.6) is 0 Å². The van der Waals surface area contributed by atoms with Gasteiger partial charge in [-0.15, -0.1) is 21.5 Å². The Kier molecular flexibility index (Phi) is 6.04. The SMILES string of the molecule is CCCc1cc(-c2nnc(SCn3cc([N+](=O)[O-])cn3)n2CCC)cs1. The van der Waals surface area contributed by atoms with E-state index in [-0.39, 0.29) is 5.69 Å². The fourth-order valence-electron chi connectivity index (χ4n) is 2.55. The highest BCUT2D eigenvalue weighted by Crippen LogP contribution is 2.29. The molecular weight excluding hydrogens is 372 g/mol. The maximum absolute atomic E-state index is 10.8. The number of aromatic nitrogens is 5. The first-order valence-corrected chi connectivity index (χ1v) is 10.3. The lowest BCUT2D eigenvalue weighted by atomic mass is 10.2. The van der Waals surface area contributed by atoms with Crippen molar-refractivity contribution in [2.45, 2.75) is 50.7 Å². The summed E-state index contributed by atoms with van der Waals surface area (Å²) in [7, 11) is 0. The zero-order chi connectivity index (χ0) is 18.5. The summed E-state index contributed by atoms with van der Waals surface area (Å²) >= 11 is 3.22. The van der Waals surface area contributed by atoms with Crippen molar-refractivity contribution in [2.75, 3.05) is 0 Å². The lowest BCUT2D eigenvalue weighted by molar-refractivity contribution is -0.385. The molecule has 0 amide bonds. The third-order valence-corrected chi connectivity index (χ3v) is 5.68. The summed E-state index contributed by atoms with van der Waals surface area (Å²) in [5, 5.41) is 26.4. The fraction of sp³-hybridized carbons (Fsp3) is 0.438. The number of rotatable bonds is 9. The molecule has 0 aliphatic rings. The third-order valence-electron chi connectivity index (χ3n) is 3.73. The molecule has 8 nitrogen and oxygen atoms in total. The molecule has 0 aliphatic carbocycles. The van der Waals surface area contributed by atoms with E-state index in [2.05, 4.69) is 45.2 Å². The maximum atomic E-state index is 10.8. The number of hydrogen-bond donors (Lipinski definition) is 0. The average molecular weight is 393 g/mol. The van der Waals surface area contributed by atoms with Crippen LogP contribution in [0.15, 0.2) is 29.0 Å². The van der Waals surface area contributed by atoms with Gasteiger partial charge in [-0.25, -0.2) is 0 Å². The summed E-state index contributed by atoms with van der Waals surface area (Å²) in [6, 6.07) is 2.19. The minimum Gasteiger partial charge on any atom is -0.302 e. The Morgan fingerprint density at radius 2 is 2.15 bits per heavy atom. The molecule has 3 rings (SSSR count). The van der Waals surface area contributed by atoms with Crippen molar-refractivity contribution in [1.82, 2.24) is 24.5 Å². The highest BCUT2D eigenvalue weighted by molar-refractivity contribution is 7.98. The first-order valence-electron chi connectivity index (χ1n) is 8.43. The van der Waals surface area contributed by atoms with E-state index in [9.17, 15) is 10.1 Å². The molecule has 0 unspecified atom stereocenters. The number of thioether (sulfide) groups is 1. The van der Waals surface area contributed by atoms with Gasteiger partial charge in [0, 0.05) is 22.4 Å². The average Bonchev–Trinajstić information content (AvgIpc) is 3.33. The second kappa shape index (κ2) is 8.45. The van der Waals surface area contributed by atoms with Crippen LogP contribution in [-0.4, -0.2) is 29.5 Å². The van der Waals surface area contributed by atoms with Gasteiger partial charge in [0.15, 0.2) is 11.0 Å². The minimum atomic E-state index is -0.448. The molecule has 0 spiro atoms. The zero-order valence-corrected chi connectivity index (χ0v) is 16.3. The van der Waals surface area contributed by atoms with Gasteiger partial charge in [-0.3, -0.25) is 14.8 Å². The Bertz CT molecular complexity index is 885. The molecule has 138 valence electrons. The number of nitrogens with zero attached hydrogens (tertiary/aromatic N) is 6. The summed E-state index contributed by atoms with van der Waals surface area (Å²) in [6.45, 7) is 5.11. The van der Waals surface area contributed by atoms with Crippen LogP contribution in [0, 0.1) is 10.1 Å². The van der Waals surface area contributed by atoms with Gasteiger partial charge in [0.2, 0.25) is 0 Å². The van der Waals surface area contributed by atoms with E-state index in [0.717, 1.165) is 42.4 Å². The Hall–Kier alpha value is -2.20. The van der Waals surface area contributed by atoms with Crippen LogP contribution in [0.1, 0.15) is 31.6 Å². The van der Waals surface area contributed by atoms with Crippen molar-refractivity contribution in [2.24, 2.45) is 0 Å². The van der Waals surface area contributed by atoms with Crippen molar-refractivity contribution >= 4 is 28.8 Å². The van der Waals surface area contributed by atoms with Crippen molar-refractivity contribution in [1.29, 1.82) is 0 Å². The van der Waals surface area contributed by atoms with E-state index < -0.39 is 4.92 Å². The van der Waals surface area contributed by atoms with Gasteiger partial charge in [0.05, 0.1) is 10.8 Å². The Labute approximate surface area is 159 Å². The van der Waals surface area contributed by atoms with Crippen LogP contribution in [0.3, 0.4) is 0 Å². The van der Waals surface area contributed by atoms with Crippen molar-refractivity contribution < 1.29 is 4.92 Å². The molecule has 3 aromatic heterocycles. The fourth-order valence-corrected chi connectivity index (χ4v) is 4.34. The molecule has 3 aromatic rings. The summed E-state index contributed by atoms with van der Waals surface area (Å²) in [4.78, 5) is 11.7. The van der Waals surface area contributed by atoms with E-state index >= 15 is 0 Å². The van der Waals surface area contributed by atoms with Gasteiger partial charge < -0.3 is 4.57 Å². The topological polar surface area (TPSA) is 91.7 Å². The van der Waals surface area contributed by atoms with Crippen LogP contribution in [0.25, 0.3) is 11.4 Å².